The average Bonchev–Trinajstić information content (AvgIpc) is 2.89. The molecule has 0 nitrogen and oxygen atoms in total. The van der Waals surface area contributed by atoms with Gasteiger partial charge in [-0.2, -0.15) is 0 Å². The fourth-order valence-electron chi connectivity index (χ4n) is 19.8. The Morgan fingerprint density at radius 1 is 0.105 bits per heavy atom. The van der Waals surface area contributed by atoms with Gasteiger partial charge < -0.3 is 0 Å². The molecule has 12 bridgehead atoms. The molecule has 0 N–H and O–H groups in total. The second-order valence-electron chi connectivity index (χ2n) is 29.6. The summed E-state index contributed by atoms with van der Waals surface area (Å²) in [6.45, 7) is 36.0. The fraction of sp³-hybridized carbons (Fsp3) is 1.00. The minimum atomic E-state index is 1.13. The molecule has 0 saturated heterocycles. The molecule has 21 fully saturated rings. The van der Waals surface area contributed by atoms with Crippen molar-refractivity contribution >= 4 is 0 Å². The zero-order valence-corrected chi connectivity index (χ0v) is 63.7. The first-order valence-electron chi connectivity index (χ1n) is 42.6. The second-order valence-corrected chi connectivity index (χ2v) is 29.6. The molecule has 21 aliphatic rings. The predicted octanol–water partition coefficient (Wildman–Crippen LogP) is 31.0. The lowest BCUT2D eigenvalue weighted by Crippen LogP contribution is -2.38. The van der Waals surface area contributed by atoms with E-state index in [1.54, 1.807) is 263 Å². The summed E-state index contributed by atoms with van der Waals surface area (Å²) in [6.07, 6.45) is 77.9. The normalized spacial score (nSPS) is 37.2. The monoisotopic (exact) mass is 1210 g/mol. The van der Waals surface area contributed by atoms with Gasteiger partial charge in [-0.15, -0.1) is 0 Å². The van der Waals surface area contributed by atoms with Gasteiger partial charge in [0.2, 0.25) is 0 Å². The summed E-state index contributed by atoms with van der Waals surface area (Å²) in [5.41, 5.74) is 0. The van der Waals surface area contributed by atoms with Crippen LogP contribution in [-0.4, -0.2) is 0 Å². The molecule has 0 aromatic rings. The molecule has 0 spiro atoms. The Bertz CT molecular complexity index is 1210. The number of rotatable bonds is 0. The van der Waals surface area contributed by atoms with Gasteiger partial charge in [-0.05, 0) is 164 Å². The maximum absolute atomic E-state index is 2.00. The predicted molar refractivity (Wildman–Crippen MR) is 396 cm³/mol. The summed E-state index contributed by atoms with van der Waals surface area (Å²) >= 11 is 0. The van der Waals surface area contributed by atoms with Crippen molar-refractivity contribution in [3.63, 3.8) is 0 Å². The van der Waals surface area contributed by atoms with Gasteiger partial charge in [0.25, 0.3) is 0 Å². The highest BCUT2D eigenvalue weighted by Gasteiger charge is 2.41. The Morgan fingerprint density at radius 2 is 0.233 bits per heavy atom. The molecule has 0 aliphatic heterocycles. The maximum atomic E-state index is 2.00. The molecule has 6 unspecified atom stereocenters. The van der Waals surface area contributed by atoms with E-state index >= 15 is 0 Å². The van der Waals surface area contributed by atoms with E-state index in [4.69, 9.17) is 0 Å². The van der Waals surface area contributed by atoms with Crippen LogP contribution in [-0.2, 0) is 0 Å². The zero-order valence-electron chi connectivity index (χ0n) is 63.7. The van der Waals surface area contributed by atoms with Crippen molar-refractivity contribution in [2.75, 3.05) is 0 Å². The molecule has 6 atom stereocenters. The topological polar surface area (TPSA) is 0 Å². The van der Waals surface area contributed by atoms with Crippen molar-refractivity contribution in [3.05, 3.63) is 0 Å². The van der Waals surface area contributed by atoms with Gasteiger partial charge in [0.1, 0.15) is 0 Å². The highest BCUT2D eigenvalue weighted by molar-refractivity contribution is 4.93. The first kappa shape index (κ1) is 84.0. The van der Waals surface area contributed by atoms with Crippen molar-refractivity contribution in [3.8, 4) is 0 Å². The van der Waals surface area contributed by atoms with Crippen LogP contribution in [0.5, 0.6) is 0 Å². The number of fused-ring (bicyclic) bond motifs is 14. The van der Waals surface area contributed by atoms with Crippen LogP contribution in [0.2, 0.25) is 0 Å². The van der Waals surface area contributed by atoms with Gasteiger partial charge in [0.15, 0.2) is 0 Å². The average molecular weight is 1210 g/mol. The standard InChI is InChI=1S/C10H18.C9H16.3C8H14.2C7H12.C6H10.C5H8.9C2H6/c1-3-9-5-2-6-10(4-1)8-7-9;1-2-5-9-7-3-6-8(9)4-1;1-3-7-5-2-6-8(7)4-1;1-2-8-5-3-7(1)4-6-8;1-2-7-4-5-8(3-1)6-7;1-2-7-4-3-6(1)5-7;1-2-6-4-5-7(6)3-1;1-2-6-3-5(1)4-6;1-4-2-5(1)3-4;9*1-2/h9-10H,1-8H2;8-9H,1-7H2;3*7-8H,1-6H2;2*6-7H,1-5H2;5-6H,1-4H2;4-5H,1-3H2;9*1-2H3. The van der Waals surface area contributed by atoms with Crippen LogP contribution < -0.4 is 0 Å². The molecule has 0 heteroatoms. The van der Waals surface area contributed by atoms with E-state index in [2.05, 4.69) is 0 Å². The van der Waals surface area contributed by atoms with Crippen LogP contribution in [0.25, 0.3) is 0 Å². The Hall–Kier alpha value is 0. The van der Waals surface area contributed by atoms with Crippen molar-refractivity contribution < 1.29 is 0 Å². The largest absolute Gasteiger partial charge is 0.0683 e. The summed E-state index contributed by atoms with van der Waals surface area (Å²) < 4.78 is 0. The Balaban J connectivity index is 0.000000470. The van der Waals surface area contributed by atoms with Crippen molar-refractivity contribution in [1.29, 1.82) is 0 Å². The lowest BCUT2D eigenvalue weighted by Gasteiger charge is -2.49. The lowest BCUT2D eigenvalue weighted by molar-refractivity contribution is 0.0198. The molecular formula is C86H172. The summed E-state index contributed by atoms with van der Waals surface area (Å²) in [4.78, 5) is 0. The Morgan fingerprint density at radius 3 is 0.407 bits per heavy atom. The fourth-order valence-corrected chi connectivity index (χ4v) is 19.8. The van der Waals surface area contributed by atoms with Gasteiger partial charge in [-0.1, -0.05) is 388 Å². The van der Waals surface area contributed by atoms with Gasteiger partial charge in [-0.25, -0.2) is 0 Å². The molecule has 516 valence electrons. The van der Waals surface area contributed by atoms with Crippen molar-refractivity contribution in [2.24, 2.45) is 107 Å². The van der Waals surface area contributed by atoms with Crippen LogP contribution in [0.15, 0.2) is 0 Å². The third kappa shape index (κ3) is 32.2. The van der Waals surface area contributed by atoms with Crippen LogP contribution in [0.1, 0.15) is 446 Å². The first-order chi connectivity index (χ1) is 42.6. The van der Waals surface area contributed by atoms with E-state index in [1.165, 1.54) is 129 Å². The summed E-state index contributed by atoms with van der Waals surface area (Å²) in [7, 11) is 0. The van der Waals surface area contributed by atoms with E-state index in [0.29, 0.717) is 0 Å². The van der Waals surface area contributed by atoms with Crippen LogP contribution >= 0.6 is 0 Å². The minimum absolute atomic E-state index is 1.13. The van der Waals surface area contributed by atoms with Crippen LogP contribution in [0.3, 0.4) is 0 Å². The van der Waals surface area contributed by atoms with E-state index in [1.807, 2.05) is 125 Å². The van der Waals surface area contributed by atoms with E-state index in [-0.39, 0.29) is 0 Å². The molecule has 0 heterocycles. The summed E-state index contributed by atoms with van der Waals surface area (Å²) in [5.74, 6) is 21.1. The van der Waals surface area contributed by atoms with Crippen LogP contribution in [0.4, 0.5) is 0 Å². The van der Waals surface area contributed by atoms with Gasteiger partial charge >= 0.3 is 0 Å². The van der Waals surface area contributed by atoms with E-state index in [9.17, 15) is 0 Å². The molecule has 0 radical (unpaired) electrons. The van der Waals surface area contributed by atoms with Gasteiger partial charge in [-0.3, -0.25) is 0 Å². The van der Waals surface area contributed by atoms with E-state index < -0.39 is 0 Å². The quantitative estimate of drug-likeness (QED) is 0.227. The zero-order chi connectivity index (χ0) is 63.7. The molecule has 0 amide bonds. The Kier molecular flexibility index (Phi) is 54.2. The summed E-state index contributed by atoms with van der Waals surface area (Å²) in [6, 6.07) is 0. The molecular weight excluding hydrogens is 1030 g/mol. The lowest BCUT2D eigenvalue weighted by atomic mass is 9.56. The first-order valence-corrected chi connectivity index (χ1v) is 42.6. The molecule has 0 aromatic carbocycles. The number of hydrogen-bond acceptors (Lipinski definition) is 0. The molecule has 0 aromatic heterocycles. The molecule has 21 rings (SSSR count). The van der Waals surface area contributed by atoms with Crippen molar-refractivity contribution in [1.82, 2.24) is 0 Å². The Labute approximate surface area is 549 Å². The second kappa shape index (κ2) is 55.5. The number of hydrogen-bond donors (Lipinski definition) is 0. The third-order valence-corrected chi connectivity index (χ3v) is 25.1. The SMILES string of the molecule is C1C2CC1C2.C1CC2CC1C2.C1CC2CCC(C1)C2.C1CC2CCC1C2.C1CC2CCC1CC2.C1CC2CCC2C1.C1CC2CCCC(C1)CC2.C1CC2CCCC2C1.C1CCC2CCCC2C1.CC.CC.CC.CC.CC.CC.CC.CC.CC. The molecule has 21 saturated carbocycles. The van der Waals surface area contributed by atoms with Crippen molar-refractivity contribution in [2.45, 2.75) is 446 Å². The molecule has 86 heavy (non-hydrogen) atoms. The summed E-state index contributed by atoms with van der Waals surface area (Å²) in [5, 5.41) is 0. The maximum Gasteiger partial charge on any atom is -0.0386 e. The van der Waals surface area contributed by atoms with E-state index in [0.717, 1.165) is 35.5 Å². The highest BCUT2D eigenvalue weighted by Crippen LogP contribution is 2.53. The van der Waals surface area contributed by atoms with Crippen LogP contribution in [0, 0.1) is 107 Å². The van der Waals surface area contributed by atoms with Gasteiger partial charge in [0, 0.05) is 0 Å². The smallest absolute Gasteiger partial charge is 0.0386 e. The molecule has 21 aliphatic carbocycles. The third-order valence-electron chi connectivity index (χ3n) is 25.1. The van der Waals surface area contributed by atoms with Gasteiger partial charge in [0.05, 0.1) is 0 Å². The minimum Gasteiger partial charge on any atom is -0.0683 e. The highest BCUT2D eigenvalue weighted by atomic mass is 14.5.